The minimum atomic E-state index is -3.58. The summed E-state index contributed by atoms with van der Waals surface area (Å²) in [4.78, 5) is 17.0. The Bertz CT molecular complexity index is 1140. The Morgan fingerprint density at radius 1 is 1.06 bits per heavy atom. The molecule has 8 heteroatoms. The molecule has 1 saturated heterocycles. The number of rotatable bonds is 6. The van der Waals surface area contributed by atoms with Crippen molar-refractivity contribution in [2.45, 2.75) is 37.1 Å². The second kappa shape index (κ2) is 9.03. The van der Waals surface area contributed by atoms with E-state index in [-0.39, 0.29) is 16.8 Å². The Kier molecular flexibility index (Phi) is 6.20. The first-order valence-electron chi connectivity index (χ1n) is 10.4. The van der Waals surface area contributed by atoms with Gasteiger partial charge in [-0.1, -0.05) is 24.6 Å². The normalized spacial score (nSPS) is 16.0. The van der Waals surface area contributed by atoms with Crippen molar-refractivity contribution in [3.8, 4) is 5.69 Å². The third-order valence-electron chi connectivity index (χ3n) is 5.59. The van der Waals surface area contributed by atoms with E-state index < -0.39 is 10.0 Å². The summed E-state index contributed by atoms with van der Waals surface area (Å²) < 4.78 is 29.3. The molecule has 0 aliphatic carbocycles. The molecule has 31 heavy (non-hydrogen) atoms. The van der Waals surface area contributed by atoms with Crippen molar-refractivity contribution in [1.82, 2.24) is 19.2 Å². The monoisotopic (exact) mass is 438 g/mol. The second-order valence-corrected chi connectivity index (χ2v) is 9.69. The van der Waals surface area contributed by atoms with E-state index in [1.54, 1.807) is 30.7 Å². The van der Waals surface area contributed by atoms with Crippen LogP contribution in [0.2, 0.25) is 0 Å². The molecule has 0 radical (unpaired) electrons. The average molecular weight is 439 g/mol. The number of nitrogens with zero attached hydrogens (tertiary/aromatic N) is 3. The molecule has 162 valence electrons. The predicted molar refractivity (Wildman–Crippen MR) is 118 cm³/mol. The van der Waals surface area contributed by atoms with Crippen LogP contribution in [-0.4, -0.2) is 41.3 Å². The number of hydrogen-bond donors (Lipinski definition) is 1. The van der Waals surface area contributed by atoms with Crippen molar-refractivity contribution in [3.05, 3.63) is 78.4 Å². The molecule has 1 aliphatic rings. The van der Waals surface area contributed by atoms with Crippen LogP contribution in [-0.2, 0) is 10.0 Å². The molecule has 7 nitrogen and oxygen atoms in total. The van der Waals surface area contributed by atoms with Gasteiger partial charge in [0.05, 0.1) is 17.3 Å². The van der Waals surface area contributed by atoms with Crippen LogP contribution in [0.25, 0.3) is 5.69 Å². The molecule has 0 bridgehead atoms. The summed E-state index contributed by atoms with van der Waals surface area (Å²) in [5, 5.41) is 2.96. The molecule has 1 N–H and O–H groups in total. The zero-order valence-corrected chi connectivity index (χ0v) is 18.3. The van der Waals surface area contributed by atoms with E-state index in [9.17, 15) is 13.2 Å². The van der Waals surface area contributed by atoms with Gasteiger partial charge in [-0.05, 0) is 55.7 Å². The van der Waals surface area contributed by atoms with Crippen LogP contribution in [0.3, 0.4) is 0 Å². The summed E-state index contributed by atoms with van der Waals surface area (Å²) in [6, 6.07) is 13.9. The highest BCUT2D eigenvalue weighted by atomic mass is 32.2. The van der Waals surface area contributed by atoms with Gasteiger partial charge in [0.1, 0.15) is 0 Å². The van der Waals surface area contributed by atoms with Crippen molar-refractivity contribution in [3.63, 3.8) is 0 Å². The summed E-state index contributed by atoms with van der Waals surface area (Å²) in [5.41, 5.74) is 2.27. The lowest BCUT2D eigenvalue weighted by Gasteiger charge is -2.26. The molecule has 1 fully saturated rings. The number of piperidine rings is 1. The molecule has 4 rings (SSSR count). The van der Waals surface area contributed by atoms with Crippen molar-refractivity contribution in [2.75, 3.05) is 13.1 Å². The Labute approximate surface area is 182 Å². The highest BCUT2D eigenvalue weighted by Crippen LogP contribution is 2.22. The van der Waals surface area contributed by atoms with E-state index >= 15 is 0 Å². The molecule has 1 unspecified atom stereocenters. The van der Waals surface area contributed by atoms with E-state index in [1.807, 2.05) is 42.0 Å². The first-order valence-corrected chi connectivity index (χ1v) is 11.9. The van der Waals surface area contributed by atoms with Gasteiger partial charge in [0.25, 0.3) is 5.91 Å². The second-order valence-electron chi connectivity index (χ2n) is 7.75. The van der Waals surface area contributed by atoms with Crippen LogP contribution in [0.15, 0.2) is 72.1 Å². The molecule has 2 heterocycles. The molecular weight excluding hydrogens is 412 g/mol. The number of carbonyl (C=O) groups excluding carboxylic acids is 1. The summed E-state index contributed by atoms with van der Waals surface area (Å²) >= 11 is 0. The first kappa shape index (κ1) is 21.3. The van der Waals surface area contributed by atoms with E-state index in [1.165, 1.54) is 10.4 Å². The molecular formula is C23H26N4O3S. The van der Waals surface area contributed by atoms with Crippen LogP contribution in [0, 0.1) is 0 Å². The van der Waals surface area contributed by atoms with Crippen LogP contribution in [0.1, 0.15) is 48.1 Å². The molecule has 1 aromatic heterocycles. The van der Waals surface area contributed by atoms with Gasteiger partial charge >= 0.3 is 0 Å². The number of nitrogens with one attached hydrogen (secondary N) is 1. The number of benzene rings is 2. The maximum atomic E-state index is 12.9. The van der Waals surface area contributed by atoms with Crippen LogP contribution in [0.5, 0.6) is 0 Å². The van der Waals surface area contributed by atoms with Crippen molar-refractivity contribution in [2.24, 2.45) is 0 Å². The van der Waals surface area contributed by atoms with E-state index in [0.29, 0.717) is 18.7 Å². The lowest BCUT2D eigenvalue weighted by molar-refractivity contribution is 0.0939. The fraction of sp³-hybridized carbons (Fsp3) is 0.304. The number of carbonyl (C=O) groups is 1. The Balaban J connectivity index is 1.46. The third-order valence-corrected chi connectivity index (χ3v) is 7.49. The standard InChI is InChI=1S/C23H26N4O3S/c1-18(19-8-10-21(11-9-19)26-15-12-24-17-26)25-23(28)20-6-5-7-22(16-20)31(29,30)27-13-3-2-4-14-27/h5-12,15-18H,2-4,13-14H2,1H3,(H,25,28). The topological polar surface area (TPSA) is 84.3 Å². The first-order chi connectivity index (χ1) is 14.9. The van der Waals surface area contributed by atoms with Gasteiger partial charge in [-0.3, -0.25) is 4.79 Å². The fourth-order valence-electron chi connectivity index (χ4n) is 3.76. The van der Waals surface area contributed by atoms with Gasteiger partial charge in [-0.25, -0.2) is 13.4 Å². The highest BCUT2D eigenvalue weighted by molar-refractivity contribution is 7.89. The smallest absolute Gasteiger partial charge is 0.251 e. The maximum absolute atomic E-state index is 12.9. The zero-order valence-electron chi connectivity index (χ0n) is 17.4. The minimum absolute atomic E-state index is 0.166. The number of aromatic nitrogens is 2. The lowest BCUT2D eigenvalue weighted by Crippen LogP contribution is -2.35. The quantitative estimate of drug-likeness (QED) is 0.638. The number of imidazole rings is 1. The number of hydrogen-bond acceptors (Lipinski definition) is 4. The van der Waals surface area contributed by atoms with Crippen molar-refractivity contribution >= 4 is 15.9 Å². The Hall–Kier alpha value is -2.97. The summed E-state index contributed by atoms with van der Waals surface area (Å²) in [6.07, 6.45) is 8.11. The van der Waals surface area contributed by atoms with E-state index in [4.69, 9.17) is 0 Å². The SMILES string of the molecule is CC(NC(=O)c1cccc(S(=O)(=O)N2CCCCC2)c1)c1ccc(-n2ccnc2)cc1. The average Bonchev–Trinajstić information content (AvgIpc) is 3.35. The van der Waals surface area contributed by atoms with Gasteiger partial charge in [0.2, 0.25) is 10.0 Å². The highest BCUT2D eigenvalue weighted by Gasteiger charge is 2.26. The summed E-state index contributed by atoms with van der Waals surface area (Å²) in [7, 11) is -3.58. The number of sulfonamides is 1. The Morgan fingerprint density at radius 2 is 1.81 bits per heavy atom. The van der Waals surface area contributed by atoms with Crippen molar-refractivity contribution in [1.29, 1.82) is 0 Å². The summed E-state index contributed by atoms with van der Waals surface area (Å²) in [6.45, 7) is 2.97. The van der Waals surface area contributed by atoms with Crippen LogP contribution < -0.4 is 5.32 Å². The van der Waals surface area contributed by atoms with Gasteiger partial charge < -0.3 is 9.88 Å². The molecule has 1 atom stereocenters. The number of amides is 1. The lowest BCUT2D eigenvalue weighted by atomic mass is 10.1. The third kappa shape index (κ3) is 4.70. The zero-order chi connectivity index (χ0) is 21.8. The maximum Gasteiger partial charge on any atom is 0.251 e. The molecule has 0 spiro atoms. The molecule has 1 aliphatic heterocycles. The predicted octanol–water partition coefficient (Wildman–Crippen LogP) is 3.54. The molecule has 3 aromatic rings. The van der Waals surface area contributed by atoms with Crippen LogP contribution in [0.4, 0.5) is 0 Å². The van der Waals surface area contributed by atoms with Gasteiger partial charge in [-0.2, -0.15) is 4.31 Å². The molecule has 1 amide bonds. The summed E-state index contributed by atoms with van der Waals surface area (Å²) in [5.74, 6) is -0.304. The van der Waals surface area contributed by atoms with E-state index in [0.717, 1.165) is 30.5 Å². The molecule has 0 saturated carbocycles. The van der Waals surface area contributed by atoms with Gasteiger partial charge in [0.15, 0.2) is 0 Å². The van der Waals surface area contributed by atoms with Gasteiger partial charge in [0, 0.05) is 36.7 Å². The Morgan fingerprint density at radius 3 is 2.48 bits per heavy atom. The molecule has 2 aromatic carbocycles. The van der Waals surface area contributed by atoms with E-state index in [2.05, 4.69) is 10.3 Å². The van der Waals surface area contributed by atoms with Gasteiger partial charge in [-0.15, -0.1) is 0 Å². The van der Waals surface area contributed by atoms with Crippen molar-refractivity contribution < 1.29 is 13.2 Å². The minimum Gasteiger partial charge on any atom is -0.346 e. The fourth-order valence-corrected chi connectivity index (χ4v) is 5.33. The van der Waals surface area contributed by atoms with Crippen LogP contribution >= 0.6 is 0 Å². The largest absolute Gasteiger partial charge is 0.346 e.